The minimum absolute atomic E-state index is 0.0162. The highest BCUT2D eigenvalue weighted by atomic mass is 19.1. The molecule has 3 rings (SSSR count). The van der Waals surface area contributed by atoms with Crippen LogP contribution in [0, 0.1) is 11.7 Å². The average Bonchev–Trinajstić information content (AvgIpc) is 3.04. The molecular weight excluding hydrogens is 341 g/mol. The maximum atomic E-state index is 13.3. The predicted octanol–water partition coefficient (Wildman–Crippen LogP) is 0.544. The summed E-state index contributed by atoms with van der Waals surface area (Å²) in [5.41, 5.74) is 0.452. The van der Waals surface area contributed by atoms with E-state index in [1.54, 1.807) is 11.0 Å². The summed E-state index contributed by atoms with van der Waals surface area (Å²) in [7, 11) is 0. The monoisotopic (exact) mass is 363 g/mol. The van der Waals surface area contributed by atoms with Gasteiger partial charge in [-0.15, -0.1) is 0 Å². The molecule has 0 saturated carbocycles. The van der Waals surface area contributed by atoms with Crippen LogP contribution in [0.2, 0.25) is 0 Å². The topological polar surface area (TPSA) is 79.0 Å². The van der Waals surface area contributed by atoms with Crippen molar-refractivity contribution < 1.29 is 23.5 Å². The molecule has 0 spiro atoms. The van der Waals surface area contributed by atoms with Crippen LogP contribution in [0.5, 0.6) is 0 Å². The van der Waals surface area contributed by atoms with Crippen LogP contribution >= 0.6 is 0 Å². The number of amides is 3. The minimum Gasteiger partial charge on any atom is -0.378 e. The number of hydrogen-bond acceptors (Lipinski definition) is 4. The number of carbonyl (C=O) groups excluding carboxylic acids is 3. The van der Waals surface area contributed by atoms with Crippen LogP contribution in [0.4, 0.5) is 10.1 Å². The van der Waals surface area contributed by atoms with Crippen LogP contribution in [0.3, 0.4) is 0 Å². The van der Waals surface area contributed by atoms with Gasteiger partial charge in [0.1, 0.15) is 5.82 Å². The van der Waals surface area contributed by atoms with Crippen molar-refractivity contribution in [2.75, 3.05) is 44.3 Å². The molecule has 0 aliphatic carbocycles. The van der Waals surface area contributed by atoms with Crippen molar-refractivity contribution in [2.45, 2.75) is 12.8 Å². The standard InChI is InChI=1S/C18H22FN3O4/c19-14-2-1-3-15(11-14)22-12-13(10-17(22)24)18(25)20-5-4-16(23)21-6-8-26-9-7-21/h1-3,11,13H,4-10,12H2,(H,20,25)/t13-/m0/s1. The molecule has 0 bridgehead atoms. The van der Waals surface area contributed by atoms with Gasteiger partial charge in [-0.05, 0) is 18.2 Å². The van der Waals surface area contributed by atoms with E-state index >= 15 is 0 Å². The molecule has 1 N–H and O–H groups in total. The number of carbonyl (C=O) groups is 3. The van der Waals surface area contributed by atoms with E-state index in [1.807, 2.05) is 0 Å². The lowest BCUT2D eigenvalue weighted by Crippen LogP contribution is -2.42. The molecule has 2 aliphatic rings. The van der Waals surface area contributed by atoms with Gasteiger partial charge in [0.25, 0.3) is 0 Å². The zero-order valence-corrected chi connectivity index (χ0v) is 14.4. The molecule has 2 aliphatic heterocycles. The lowest BCUT2D eigenvalue weighted by molar-refractivity contribution is -0.135. The number of hydrogen-bond donors (Lipinski definition) is 1. The summed E-state index contributed by atoms with van der Waals surface area (Å²) in [5, 5.41) is 2.73. The normalized spacial score (nSPS) is 20.3. The van der Waals surface area contributed by atoms with E-state index in [-0.39, 0.29) is 43.7 Å². The summed E-state index contributed by atoms with van der Waals surface area (Å²) < 4.78 is 18.5. The number of nitrogens with zero attached hydrogens (tertiary/aromatic N) is 2. The smallest absolute Gasteiger partial charge is 0.227 e. The van der Waals surface area contributed by atoms with Gasteiger partial charge in [-0.2, -0.15) is 0 Å². The van der Waals surface area contributed by atoms with Crippen LogP contribution < -0.4 is 10.2 Å². The summed E-state index contributed by atoms with van der Waals surface area (Å²) in [6.45, 7) is 2.68. The van der Waals surface area contributed by atoms with Crippen molar-refractivity contribution in [3.05, 3.63) is 30.1 Å². The Morgan fingerprint density at radius 3 is 2.77 bits per heavy atom. The van der Waals surface area contributed by atoms with Crippen molar-refractivity contribution in [1.29, 1.82) is 0 Å². The van der Waals surface area contributed by atoms with E-state index in [9.17, 15) is 18.8 Å². The quantitative estimate of drug-likeness (QED) is 0.828. The van der Waals surface area contributed by atoms with E-state index in [1.165, 1.54) is 23.1 Å². The lowest BCUT2D eigenvalue weighted by Gasteiger charge is -2.26. The molecule has 26 heavy (non-hydrogen) atoms. The number of halogens is 1. The van der Waals surface area contributed by atoms with Gasteiger partial charge in [0, 0.05) is 44.7 Å². The van der Waals surface area contributed by atoms with Gasteiger partial charge < -0.3 is 19.9 Å². The first-order valence-corrected chi connectivity index (χ1v) is 8.74. The van der Waals surface area contributed by atoms with Crippen LogP contribution in [0.25, 0.3) is 0 Å². The Morgan fingerprint density at radius 1 is 1.27 bits per heavy atom. The molecule has 2 saturated heterocycles. The van der Waals surface area contributed by atoms with Crippen molar-refractivity contribution >= 4 is 23.4 Å². The Labute approximate surface area is 151 Å². The largest absolute Gasteiger partial charge is 0.378 e. The number of morpholine rings is 1. The first kappa shape index (κ1) is 18.3. The van der Waals surface area contributed by atoms with Crippen LogP contribution in [-0.2, 0) is 19.1 Å². The molecule has 0 aromatic heterocycles. The van der Waals surface area contributed by atoms with E-state index in [4.69, 9.17) is 4.74 Å². The van der Waals surface area contributed by atoms with Crippen molar-refractivity contribution in [1.82, 2.24) is 10.2 Å². The highest BCUT2D eigenvalue weighted by Crippen LogP contribution is 2.25. The summed E-state index contributed by atoms with van der Waals surface area (Å²) in [5.74, 6) is -1.40. The van der Waals surface area contributed by atoms with Crippen LogP contribution in [0.1, 0.15) is 12.8 Å². The molecule has 1 aromatic rings. The Bertz CT molecular complexity index is 691. The third-order valence-corrected chi connectivity index (χ3v) is 4.62. The maximum absolute atomic E-state index is 13.3. The fourth-order valence-corrected chi connectivity index (χ4v) is 3.18. The Hall–Kier alpha value is -2.48. The average molecular weight is 363 g/mol. The number of rotatable bonds is 5. The molecule has 1 atom stereocenters. The number of anilines is 1. The predicted molar refractivity (Wildman–Crippen MR) is 91.9 cm³/mol. The van der Waals surface area contributed by atoms with Crippen molar-refractivity contribution in [2.24, 2.45) is 5.92 Å². The van der Waals surface area contributed by atoms with Gasteiger partial charge in [-0.3, -0.25) is 14.4 Å². The second kappa shape index (κ2) is 8.27. The lowest BCUT2D eigenvalue weighted by atomic mass is 10.1. The van der Waals surface area contributed by atoms with Gasteiger partial charge in [0.15, 0.2) is 0 Å². The summed E-state index contributed by atoms with van der Waals surface area (Å²) in [6, 6.07) is 5.75. The number of benzene rings is 1. The molecule has 3 amide bonds. The number of ether oxygens (including phenoxy) is 1. The summed E-state index contributed by atoms with van der Waals surface area (Å²) in [4.78, 5) is 39.6. The Kier molecular flexibility index (Phi) is 5.82. The second-order valence-corrected chi connectivity index (χ2v) is 6.42. The van der Waals surface area contributed by atoms with Crippen LogP contribution in [-0.4, -0.2) is 62.0 Å². The molecule has 2 fully saturated rings. The first-order valence-electron chi connectivity index (χ1n) is 8.74. The van der Waals surface area contributed by atoms with Crippen molar-refractivity contribution in [3.8, 4) is 0 Å². The molecule has 0 radical (unpaired) electrons. The van der Waals surface area contributed by atoms with E-state index < -0.39 is 11.7 Å². The van der Waals surface area contributed by atoms with Crippen molar-refractivity contribution in [3.63, 3.8) is 0 Å². The van der Waals surface area contributed by atoms with Gasteiger partial charge in [0.05, 0.1) is 19.1 Å². The zero-order chi connectivity index (χ0) is 18.5. The van der Waals surface area contributed by atoms with Gasteiger partial charge in [-0.25, -0.2) is 4.39 Å². The van der Waals surface area contributed by atoms with E-state index in [0.29, 0.717) is 32.0 Å². The fraction of sp³-hybridized carbons (Fsp3) is 0.500. The molecule has 8 heteroatoms. The molecule has 0 unspecified atom stereocenters. The highest BCUT2D eigenvalue weighted by molar-refractivity contribution is 6.00. The van der Waals surface area contributed by atoms with E-state index in [0.717, 1.165) is 0 Å². The van der Waals surface area contributed by atoms with Crippen LogP contribution in [0.15, 0.2) is 24.3 Å². The van der Waals surface area contributed by atoms with Gasteiger partial charge in [0.2, 0.25) is 17.7 Å². The fourth-order valence-electron chi connectivity index (χ4n) is 3.18. The second-order valence-electron chi connectivity index (χ2n) is 6.42. The maximum Gasteiger partial charge on any atom is 0.227 e. The summed E-state index contributed by atoms with van der Waals surface area (Å²) in [6.07, 6.45) is 0.305. The summed E-state index contributed by atoms with van der Waals surface area (Å²) >= 11 is 0. The molecule has 7 nitrogen and oxygen atoms in total. The highest BCUT2D eigenvalue weighted by Gasteiger charge is 2.35. The molecule has 1 aromatic carbocycles. The van der Waals surface area contributed by atoms with E-state index in [2.05, 4.69) is 5.32 Å². The SMILES string of the molecule is O=C(NCCC(=O)N1CCOCC1)[C@H]1CC(=O)N(c2cccc(F)c2)C1. The Balaban J connectivity index is 1.46. The molecule has 2 heterocycles. The third-order valence-electron chi connectivity index (χ3n) is 4.62. The number of nitrogens with one attached hydrogen (secondary N) is 1. The third kappa shape index (κ3) is 4.37. The first-order chi connectivity index (χ1) is 12.5. The van der Waals surface area contributed by atoms with Gasteiger partial charge in [-0.1, -0.05) is 6.07 Å². The Morgan fingerprint density at radius 2 is 2.04 bits per heavy atom. The minimum atomic E-state index is -0.496. The zero-order valence-electron chi connectivity index (χ0n) is 14.4. The molecule has 140 valence electrons. The van der Waals surface area contributed by atoms with Gasteiger partial charge >= 0.3 is 0 Å². The molecular formula is C18H22FN3O4.